The minimum Gasteiger partial charge on any atom is -0.304 e. The van der Waals surface area contributed by atoms with Gasteiger partial charge in [-0.1, -0.05) is 13.8 Å². The zero-order chi connectivity index (χ0) is 11.6. The first kappa shape index (κ1) is 11.7. The molecule has 0 spiro atoms. The summed E-state index contributed by atoms with van der Waals surface area (Å²) in [6, 6.07) is 1.50. The number of likely N-dealkylation sites (tertiary alicyclic amines) is 1. The Morgan fingerprint density at radius 1 is 1.60 bits per heavy atom. The molecular formula is C10H15N3O2. The molecule has 82 valence electrons. The van der Waals surface area contributed by atoms with Gasteiger partial charge < -0.3 is 5.32 Å². The Labute approximate surface area is 89.0 Å². The second-order valence-electron chi connectivity index (χ2n) is 4.34. The van der Waals surface area contributed by atoms with Gasteiger partial charge in [-0.05, 0) is 7.05 Å². The SMILES string of the molecule is CNC(C#N)CN1C(=O)CC(C)(C)C1=O. The maximum atomic E-state index is 11.8. The van der Waals surface area contributed by atoms with Crippen LogP contribution >= 0.6 is 0 Å². The molecule has 1 rings (SSSR count). The van der Waals surface area contributed by atoms with Crippen LogP contribution in [0.2, 0.25) is 0 Å². The van der Waals surface area contributed by atoms with E-state index in [9.17, 15) is 9.59 Å². The fourth-order valence-corrected chi connectivity index (χ4v) is 1.59. The average Bonchev–Trinajstić information content (AvgIpc) is 2.35. The first-order valence-corrected chi connectivity index (χ1v) is 4.84. The summed E-state index contributed by atoms with van der Waals surface area (Å²) in [6.07, 6.45) is 0.230. The lowest BCUT2D eigenvalue weighted by molar-refractivity contribution is -0.140. The van der Waals surface area contributed by atoms with Crippen molar-refractivity contribution in [2.45, 2.75) is 26.3 Å². The Kier molecular flexibility index (Phi) is 3.10. The van der Waals surface area contributed by atoms with Crippen LogP contribution in [0.15, 0.2) is 0 Å². The van der Waals surface area contributed by atoms with E-state index < -0.39 is 11.5 Å². The van der Waals surface area contributed by atoms with Gasteiger partial charge in [0.05, 0.1) is 18.0 Å². The smallest absolute Gasteiger partial charge is 0.235 e. The molecule has 1 atom stereocenters. The predicted molar refractivity (Wildman–Crippen MR) is 53.6 cm³/mol. The molecule has 1 N–H and O–H groups in total. The molecular weight excluding hydrogens is 194 g/mol. The normalized spacial score (nSPS) is 21.6. The molecule has 1 heterocycles. The molecule has 5 heteroatoms. The molecule has 1 aliphatic heterocycles. The van der Waals surface area contributed by atoms with Crippen molar-refractivity contribution >= 4 is 11.8 Å². The number of likely N-dealkylation sites (N-methyl/N-ethyl adjacent to an activating group) is 1. The van der Waals surface area contributed by atoms with E-state index in [-0.39, 0.29) is 24.8 Å². The third kappa shape index (κ3) is 2.16. The van der Waals surface area contributed by atoms with Crippen LogP contribution in [-0.2, 0) is 9.59 Å². The van der Waals surface area contributed by atoms with Crippen LogP contribution in [0.3, 0.4) is 0 Å². The van der Waals surface area contributed by atoms with Crippen LogP contribution in [0, 0.1) is 16.7 Å². The molecule has 1 unspecified atom stereocenters. The van der Waals surface area contributed by atoms with E-state index >= 15 is 0 Å². The Hall–Kier alpha value is -1.41. The van der Waals surface area contributed by atoms with E-state index in [0.29, 0.717) is 0 Å². The van der Waals surface area contributed by atoms with Crippen molar-refractivity contribution in [2.24, 2.45) is 5.41 Å². The van der Waals surface area contributed by atoms with Gasteiger partial charge in [0, 0.05) is 6.42 Å². The van der Waals surface area contributed by atoms with E-state index in [2.05, 4.69) is 5.32 Å². The second kappa shape index (κ2) is 3.99. The Bertz CT molecular complexity index is 330. The first-order valence-electron chi connectivity index (χ1n) is 4.84. The number of nitriles is 1. The van der Waals surface area contributed by atoms with Crippen LogP contribution in [-0.4, -0.2) is 36.3 Å². The molecule has 0 radical (unpaired) electrons. The summed E-state index contributed by atoms with van der Waals surface area (Å²) in [5.74, 6) is -0.386. The fraction of sp³-hybridized carbons (Fsp3) is 0.700. The molecule has 0 bridgehead atoms. The van der Waals surface area contributed by atoms with Crippen LogP contribution < -0.4 is 5.32 Å². The third-order valence-corrected chi connectivity index (χ3v) is 2.59. The number of carbonyl (C=O) groups excluding carboxylic acids is 2. The standard InChI is InChI=1S/C10H15N3O2/c1-10(2)4-8(14)13(9(10)15)6-7(5-11)12-3/h7,12H,4,6H2,1-3H3. The third-order valence-electron chi connectivity index (χ3n) is 2.59. The van der Waals surface area contributed by atoms with E-state index in [1.807, 2.05) is 6.07 Å². The molecule has 1 saturated heterocycles. The zero-order valence-corrected chi connectivity index (χ0v) is 9.20. The van der Waals surface area contributed by atoms with Crippen molar-refractivity contribution in [3.63, 3.8) is 0 Å². The highest BCUT2D eigenvalue weighted by Gasteiger charge is 2.45. The molecule has 1 aliphatic rings. The maximum Gasteiger partial charge on any atom is 0.235 e. The van der Waals surface area contributed by atoms with E-state index in [1.54, 1.807) is 20.9 Å². The highest BCUT2D eigenvalue weighted by molar-refractivity contribution is 6.05. The number of rotatable bonds is 3. The maximum absolute atomic E-state index is 11.8. The summed E-state index contributed by atoms with van der Waals surface area (Å²) in [7, 11) is 1.63. The second-order valence-corrected chi connectivity index (χ2v) is 4.34. The predicted octanol–water partition coefficient (Wildman–Crippen LogP) is -0.117. The van der Waals surface area contributed by atoms with E-state index in [4.69, 9.17) is 5.26 Å². The van der Waals surface area contributed by atoms with Gasteiger partial charge in [0.15, 0.2) is 0 Å². The molecule has 15 heavy (non-hydrogen) atoms. The minimum atomic E-state index is -0.620. The van der Waals surface area contributed by atoms with Crippen LogP contribution in [0.25, 0.3) is 0 Å². The number of nitrogens with one attached hydrogen (secondary N) is 1. The molecule has 2 amide bonds. The molecule has 1 fully saturated rings. The minimum absolute atomic E-state index is 0.133. The van der Waals surface area contributed by atoms with Crippen LogP contribution in [0.5, 0.6) is 0 Å². The summed E-state index contributed by atoms with van der Waals surface area (Å²) >= 11 is 0. The number of imide groups is 1. The largest absolute Gasteiger partial charge is 0.304 e. The fourth-order valence-electron chi connectivity index (χ4n) is 1.59. The van der Waals surface area contributed by atoms with Gasteiger partial charge in [-0.15, -0.1) is 0 Å². The van der Waals surface area contributed by atoms with Gasteiger partial charge in [0.25, 0.3) is 0 Å². The molecule has 0 aromatic rings. The van der Waals surface area contributed by atoms with Crippen molar-refractivity contribution in [3.05, 3.63) is 0 Å². The summed E-state index contributed by atoms with van der Waals surface area (Å²) in [5, 5.41) is 11.5. The Morgan fingerprint density at radius 3 is 2.53 bits per heavy atom. The number of hydrogen-bond donors (Lipinski definition) is 1. The van der Waals surface area contributed by atoms with Gasteiger partial charge in [-0.25, -0.2) is 0 Å². The average molecular weight is 209 g/mol. The zero-order valence-electron chi connectivity index (χ0n) is 9.20. The first-order chi connectivity index (χ1) is 6.92. The molecule has 5 nitrogen and oxygen atoms in total. The summed E-state index contributed by atoms with van der Waals surface area (Å²) in [6.45, 7) is 3.62. The van der Waals surface area contributed by atoms with Gasteiger partial charge in [0.2, 0.25) is 11.8 Å². The van der Waals surface area contributed by atoms with Crippen molar-refractivity contribution in [1.29, 1.82) is 5.26 Å². The molecule has 0 saturated carbocycles. The number of carbonyl (C=O) groups is 2. The van der Waals surface area contributed by atoms with Gasteiger partial charge in [0.1, 0.15) is 6.04 Å². The Balaban J connectivity index is 2.76. The number of hydrogen-bond acceptors (Lipinski definition) is 4. The number of amides is 2. The van der Waals surface area contributed by atoms with Crippen LogP contribution in [0.1, 0.15) is 20.3 Å². The number of nitrogens with zero attached hydrogens (tertiary/aromatic N) is 2. The van der Waals surface area contributed by atoms with Gasteiger partial charge in [-0.3, -0.25) is 14.5 Å². The van der Waals surface area contributed by atoms with Crippen molar-refractivity contribution in [1.82, 2.24) is 10.2 Å². The van der Waals surface area contributed by atoms with Crippen molar-refractivity contribution in [3.8, 4) is 6.07 Å². The summed E-state index contributed by atoms with van der Waals surface area (Å²) in [4.78, 5) is 24.5. The lowest BCUT2D eigenvalue weighted by Crippen LogP contribution is -2.42. The quantitative estimate of drug-likeness (QED) is 0.658. The lowest BCUT2D eigenvalue weighted by Gasteiger charge is -2.19. The molecule has 0 aliphatic carbocycles. The summed E-state index contributed by atoms with van der Waals surface area (Å²) in [5.41, 5.74) is -0.620. The lowest BCUT2D eigenvalue weighted by atomic mass is 9.92. The molecule has 0 aromatic heterocycles. The monoisotopic (exact) mass is 209 g/mol. The highest BCUT2D eigenvalue weighted by Crippen LogP contribution is 2.31. The van der Waals surface area contributed by atoms with Crippen molar-refractivity contribution in [2.75, 3.05) is 13.6 Å². The van der Waals surface area contributed by atoms with Crippen LogP contribution in [0.4, 0.5) is 0 Å². The van der Waals surface area contributed by atoms with Crippen molar-refractivity contribution < 1.29 is 9.59 Å². The van der Waals surface area contributed by atoms with E-state index in [1.165, 1.54) is 4.90 Å². The van der Waals surface area contributed by atoms with E-state index in [0.717, 1.165) is 0 Å². The molecule has 0 aromatic carbocycles. The Morgan fingerprint density at radius 2 is 2.20 bits per heavy atom. The van der Waals surface area contributed by atoms with Gasteiger partial charge >= 0.3 is 0 Å². The van der Waals surface area contributed by atoms with Gasteiger partial charge in [-0.2, -0.15) is 5.26 Å². The topological polar surface area (TPSA) is 73.2 Å². The summed E-state index contributed by atoms with van der Waals surface area (Å²) < 4.78 is 0. The highest BCUT2D eigenvalue weighted by atomic mass is 16.2.